The van der Waals surface area contributed by atoms with Crippen LogP contribution in [0.15, 0.2) is 18.2 Å². The van der Waals surface area contributed by atoms with E-state index in [1.165, 1.54) is 12.8 Å². The number of carbonyl (C=O) groups excluding carboxylic acids is 1. The first-order chi connectivity index (χ1) is 12.1. The Labute approximate surface area is 148 Å². The summed E-state index contributed by atoms with van der Waals surface area (Å²) in [4.78, 5) is 12.4. The molecule has 25 heavy (non-hydrogen) atoms. The van der Waals surface area contributed by atoms with Crippen molar-refractivity contribution in [1.29, 1.82) is 0 Å². The number of aromatic hydroxyl groups is 1. The largest absolute Gasteiger partial charge is 0.507 e. The average molecular weight is 342 g/mol. The molecule has 3 rings (SSSR count). The van der Waals surface area contributed by atoms with Crippen LogP contribution >= 0.6 is 0 Å². The fourth-order valence-corrected chi connectivity index (χ4v) is 3.21. The van der Waals surface area contributed by atoms with Gasteiger partial charge in [0, 0.05) is 25.9 Å². The number of amides is 1. The Balaban J connectivity index is 1.62. The topological polar surface area (TPSA) is 80.0 Å². The van der Waals surface area contributed by atoms with Crippen LogP contribution in [0.25, 0.3) is 0 Å². The number of hydrogen-bond donors (Lipinski definition) is 2. The van der Waals surface area contributed by atoms with E-state index >= 15 is 0 Å². The highest BCUT2D eigenvalue weighted by Gasteiger charge is 2.16. The number of phenolic OH excluding ortho intramolecular Hbond substituents is 1. The van der Waals surface area contributed by atoms with Crippen LogP contribution in [0.2, 0.25) is 0 Å². The SMILES string of the molecule is CC(C)c1ccc(O)c(C(=O)NCCc2nnc3n2CCCCC3)c1. The lowest BCUT2D eigenvalue weighted by atomic mass is 10.00. The molecule has 0 saturated carbocycles. The van der Waals surface area contributed by atoms with Gasteiger partial charge in [-0.3, -0.25) is 4.79 Å². The number of benzene rings is 1. The molecule has 6 heteroatoms. The lowest BCUT2D eigenvalue weighted by molar-refractivity contribution is 0.0951. The van der Waals surface area contributed by atoms with Crippen LogP contribution in [0.3, 0.4) is 0 Å². The van der Waals surface area contributed by atoms with Crippen molar-refractivity contribution in [1.82, 2.24) is 20.1 Å². The zero-order valence-electron chi connectivity index (χ0n) is 15.0. The number of aryl methyl sites for hydroxylation is 1. The van der Waals surface area contributed by atoms with Crippen molar-refractivity contribution in [2.24, 2.45) is 0 Å². The number of aromatic nitrogens is 3. The third kappa shape index (κ3) is 4.00. The minimum Gasteiger partial charge on any atom is -0.507 e. The smallest absolute Gasteiger partial charge is 0.255 e. The highest BCUT2D eigenvalue weighted by atomic mass is 16.3. The maximum absolute atomic E-state index is 12.4. The third-order valence-electron chi connectivity index (χ3n) is 4.75. The number of hydrogen-bond acceptors (Lipinski definition) is 4. The number of fused-ring (bicyclic) bond motifs is 1. The van der Waals surface area contributed by atoms with Gasteiger partial charge in [0.25, 0.3) is 5.91 Å². The number of nitrogens with zero attached hydrogens (tertiary/aromatic N) is 3. The van der Waals surface area contributed by atoms with E-state index in [1.807, 2.05) is 6.07 Å². The summed E-state index contributed by atoms with van der Waals surface area (Å²) in [5, 5.41) is 21.4. The van der Waals surface area contributed by atoms with E-state index in [9.17, 15) is 9.90 Å². The summed E-state index contributed by atoms with van der Waals surface area (Å²) < 4.78 is 2.19. The van der Waals surface area contributed by atoms with Gasteiger partial charge in [0.05, 0.1) is 5.56 Å². The number of rotatable bonds is 5. The number of carbonyl (C=O) groups is 1. The van der Waals surface area contributed by atoms with E-state index in [2.05, 4.69) is 33.9 Å². The van der Waals surface area contributed by atoms with E-state index in [0.717, 1.165) is 36.6 Å². The van der Waals surface area contributed by atoms with Gasteiger partial charge in [-0.25, -0.2) is 0 Å². The van der Waals surface area contributed by atoms with Crippen molar-refractivity contribution in [2.75, 3.05) is 6.54 Å². The summed E-state index contributed by atoms with van der Waals surface area (Å²) in [6.45, 7) is 5.56. The van der Waals surface area contributed by atoms with E-state index in [0.29, 0.717) is 24.4 Å². The van der Waals surface area contributed by atoms with Gasteiger partial charge in [-0.05, 0) is 36.5 Å². The highest BCUT2D eigenvalue weighted by molar-refractivity contribution is 5.97. The minimum atomic E-state index is -0.254. The molecule has 0 bridgehead atoms. The van der Waals surface area contributed by atoms with Crippen LogP contribution in [0.5, 0.6) is 5.75 Å². The van der Waals surface area contributed by atoms with E-state index < -0.39 is 0 Å². The monoisotopic (exact) mass is 342 g/mol. The third-order valence-corrected chi connectivity index (χ3v) is 4.75. The zero-order chi connectivity index (χ0) is 17.8. The van der Waals surface area contributed by atoms with Crippen molar-refractivity contribution in [2.45, 2.75) is 58.4 Å². The molecule has 0 aliphatic carbocycles. The molecule has 2 heterocycles. The summed E-state index contributed by atoms with van der Waals surface area (Å²) in [5.74, 6) is 2.05. The number of phenols is 1. The normalized spacial score (nSPS) is 14.2. The van der Waals surface area contributed by atoms with Gasteiger partial charge < -0.3 is 15.0 Å². The Kier molecular flexibility index (Phi) is 5.36. The second-order valence-electron chi connectivity index (χ2n) is 6.93. The predicted molar refractivity (Wildman–Crippen MR) is 95.8 cm³/mol. The summed E-state index contributed by atoms with van der Waals surface area (Å²) in [6.07, 6.45) is 5.17. The average Bonchev–Trinajstić information content (AvgIpc) is 2.82. The fourth-order valence-electron chi connectivity index (χ4n) is 3.21. The van der Waals surface area contributed by atoms with E-state index in [-0.39, 0.29) is 11.7 Å². The molecule has 0 radical (unpaired) electrons. The second kappa shape index (κ2) is 7.68. The molecule has 2 aromatic rings. The summed E-state index contributed by atoms with van der Waals surface area (Å²) in [5.41, 5.74) is 1.36. The van der Waals surface area contributed by atoms with E-state index in [4.69, 9.17) is 0 Å². The number of nitrogens with one attached hydrogen (secondary N) is 1. The van der Waals surface area contributed by atoms with Gasteiger partial charge in [-0.1, -0.05) is 26.3 Å². The van der Waals surface area contributed by atoms with Crippen molar-refractivity contribution in [3.8, 4) is 5.75 Å². The van der Waals surface area contributed by atoms with Crippen molar-refractivity contribution in [3.63, 3.8) is 0 Å². The molecule has 1 aromatic heterocycles. The molecule has 0 atom stereocenters. The molecule has 0 unspecified atom stereocenters. The predicted octanol–water partition coefficient (Wildman–Crippen LogP) is 2.81. The Morgan fingerprint density at radius 2 is 2.12 bits per heavy atom. The molecule has 134 valence electrons. The standard InChI is InChI=1S/C19H26N4O2/c1-13(2)14-7-8-16(24)15(12-14)19(25)20-10-9-18-22-21-17-6-4-3-5-11-23(17)18/h7-8,12-13,24H,3-6,9-11H2,1-2H3,(H,20,25). The van der Waals surface area contributed by atoms with Crippen LogP contribution < -0.4 is 5.32 Å². The lowest BCUT2D eigenvalue weighted by Crippen LogP contribution is -2.26. The molecule has 2 N–H and O–H groups in total. The first kappa shape index (κ1) is 17.5. The van der Waals surface area contributed by atoms with Gasteiger partial charge in [0.2, 0.25) is 0 Å². The van der Waals surface area contributed by atoms with Crippen LogP contribution in [0.4, 0.5) is 0 Å². The Morgan fingerprint density at radius 3 is 2.92 bits per heavy atom. The molecular weight excluding hydrogens is 316 g/mol. The second-order valence-corrected chi connectivity index (χ2v) is 6.93. The quantitative estimate of drug-likeness (QED) is 0.875. The Morgan fingerprint density at radius 1 is 1.28 bits per heavy atom. The Hall–Kier alpha value is -2.37. The van der Waals surface area contributed by atoms with Crippen LogP contribution in [-0.2, 0) is 19.4 Å². The molecule has 1 aliphatic rings. The van der Waals surface area contributed by atoms with Crippen LogP contribution in [0.1, 0.15) is 66.6 Å². The Bertz CT molecular complexity index is 752. The summed E-state index contributed by atoms with van der Waals surface area (Å²) in [7, 11) is 0. The van der Waals surface area contributed by atoms with Crippen molar-refractivity contribution < 1.29 is 9.90 Å². The first-order valence-corrected chi connectivity index (χ1v) is 9.08. The van der Waals surface area contributed by atoms with Gasteiger partial charge in [0.15, 0.2) is 0 Å². The fraction of sp³-hybridized carbons (Fsp3) is 0.526. The molecule has 1 aromatic carbocycles. The maximum atomic E-state index is 12.4. The van der Waals surface area contributed by atoms with E-state index in [1.54, 1.807) is 12.1 Å². The van der Waals surface area contributed by atoms with Gasteiger partial charge in [-0.2, -0.15) is 0 Å². The summed E-state index contributed by atoms with van der Waals surface area (Å²) in [6, 6.07) is 5.20. The van der Waals surface area contributed by atoms with Crippen molar-refractivity contribution >= 4 is 5.91 Å². The molecule has 6 nitrogen and oxygen atoms in total. The molecule has 0 spiro atoms. The van der Waals surface area contributed by atoms with Crippen LogP contribution in [0, 0.1) is 0 Å². The van der Waals surface area contributed by atoms with Gasteiger partial charge in [-0.15, -0.1) is 10.2 Å². The zero-order valence-corrected chi connectivity index (χ0v) is 15.0. The minimum absolute atomic E-state index is 0.0123. The van der Waals surface area contributed by atoms with Gasteiger partial charge >= 0.3 is 0 Å². The first-order valence-electron chi connectivity index (χ1n) is 9.08. The molecule has 1 amide bonds. The van der Waals surface area contributed by atoms with Crippen LogP contribution in [-0.4, -0.2) is 32.3 Å². The van der Waals surface area contributed by atoms with Gasteiger partial charge in [0.1, 0.15) is 17.4 Å². The molecular formula is C19H26N4O2. The maximum Gasteiger partial charge on any atom is 0.255 e. The molecule has 1 aliphatic heterocycles. The lowest BCUT2D eigenvalue weighted by Gasteiger charge is -2.11. The summed E-state index contributed by atoms with van der Waals surface area (Å²) >= 11 is 0. The highest BCUT2D eigenvalue weighted by Crippen LogP contribution is 2.23. The molecule has 0 saturated heterocycles. The molecule has 0 fully saturated rings. The van der Waals surface area contributed by atoms with Crippen molar-refractivity contribution in [3.05, 3.63) is 41.0 Å².